The van der Waals surface area contributed by atoms with Crippen LogP contribution < -0.4 is 14.4 Å². The van der Waals surface area contributed by atoms with Crippen LogP contribution in [0.4, 0.5) is 11.4 Å². The van der Waals surface area contributed by atoms with Crippen LogP contribution in [0.25, 0.3) is 0 Å². The molecule has 3 rings (SSSR count). The molecule has 0 aliphatic carbocycles. The van der Waals surface area contributed by atoms with Gasteiger partial charge in [-0.2, -0.15) is 0 Å². The van der Waals surface area contributed by atoms with E-state index in [1.54, 1.807) is 12.1 Å². The number of aryl methyl sites for hydroxylation is 4. The monoisotopic (exact) mass is 525 g/mol. The Balaban J connectivity index is 1.98. The Morgan fingerprint density at radius 2 is 1.59 bits per heavy atom. The lowest BCUT2D eigenvalue weighted by molar-refractivity contribution is -0.385. The lowest BCUT2D eigenvalue weighted by Gasteiger charge is -2.26. The fourth-order valence-electron chi connectivity index (χ4n) is 4.08. The van der Waals surface area contributed by atoms with Gasteiger partial charge in [-0.05, 0) is 87.2 Å². The Morgan fingerprint density at radius 3 is 2.19 bits per heavy atom. The third-order valence-electron chi connectivity index (χ3n) is 6.34. The molecule has 1 N–H and O–H groups in total. The van der Waals surface area contributed by atoms with E-state index in [0.29, 0.717) is 11.3 Å². The van der Waals surface area contributed by atoms with Gasteiger partial charge in [0, 0.05) is 11.6 Å². The smallest absolute Gasteiger partial charge is 0.273 e. The molecule has 37 heavy (non-hydrogen) atoms. The molecular formula is C27H31N3O6S. The molecular weight excluding hydrogens is 494 g/mol. The minimum absolute atomic E-state index is 0.217. The predicted octanol–water partition coefficient (Wildman–Crippen LogP) is 4.91. The van der Waals surface area contributed by atoms with E-state index < -0.39 is 27.4 Å². The van der Waals surface area contributed by atoms with Crippen molar-refractivity contribution < 1.29 is 22.9 Å². The number of anilines is 1. The number of carbonyl (C=O) groups excluding carboxylic acids is 1. The summed E-state index contributed by atoms with van der Waals surface area (Å²) in [4.78, 5) is 23.7. The van der Waals surface area contributed by atoms with Crippen molar-refractivity contribution in [3.8, 4) is 5.75 Å². The van der Waals surface area contributed by atoms with E-state index in [0.717, 1.165) is 32.6 Å². The predicted molar refractivity (Wildman–Crippen MR) is 143 cm³/mol. The summed E-state index contributed by atoms with van der Waals surface area (Å²) >= 11 is 0. The van der Waals surface area contributed by atoms with E-state index in [4.69, 9.17) is 4.74 Å². The fraction of sp³-hybridized carbons (Fsp3) is 0.296. The lowest BCUT2D eigenvalue weighted by atomic mass is 9.96. The molecule has 0 aromatic heterocycles. The van der Waals surface area contributed by atoms with Crippen molar-refractivity contribution in [1.82, 2.24) is 5.32 Å². The number of sulfonamides is 1. The number of methoxy groups -OCH3 is 1. The number of benzene rings is 3. The van der Waals surface area contributed by atoms with Crippen molar-refractivity contribution in [1.29, 1.82) is 0 Å². The second kappa shape index (κ2) is 11.0. The fourth-order valence-corrected chi connectivity index (χ4v) is 5.52. The Kier molecular flexibility index (Phi) is 8.22. The van der Waals surface area contributed by atoms with Crippen LogP contribution in [0.5, 0.6) is 5.75 Å². The van der Waals surface area contributed by atoms with Crippen molar-refractivity contribution >= 4 is 27.3 Å². The molecule has 0 aliphatic rings. The maximum absolute atomic E-state index is 13.7. The maximum atomic E-state index is 13.7. The van der Waals surface area contributed by atoms with Gasteiger partial charge >= 0.3 is 0 Å². The van der Waals surface area contributed by atoms with Gasteiger partial charge in [0.25, 0.3) is 15.7 Å². The third kappa shape index (κ3) is 6.08. The average molecular weight is 526 g/mol. The Labute approximate surface area is 217 Å². The van der Waals surface area contributed by atoms with E-state index in [2.05, 4.69) is 5.32 Å². The largest absolute Gasteiger partial charge is 0.497 e. The topological polar surface area (TPSA) is 119 Å². The number of hydrogen-bond donors (Lipinski definition) is 1. The Bertz CT molecular complexity index is 1440. The first kappa shape index (κ1) is 27.7. The Hall–Kier alpha value is -3.92. The normalized spacial score (nSPS) is 12.1. The van der Waals surface area contributed by atoms with Crippen LogP contribution in [-0.4, -0.2) is 32.9 Å². The molecule has 9 nitrogen and oxygen atoms in total. The second-order valence-electron chi connectivity index (χ2n) is 9.00. The molecule has 196 valence electrons. The van der Waals surface area contributed by atoms with Gasteiger partial charge < -0.3 is 10.1 Å². The molecule has 0 saturated carbocycles. The maximum Gasteiger partial charge on any atom is 0.273 e. The highest BCUT2D eigenvalue weighted by molar-refractivity contribution is 7.92. The summed E-state index contributed by atoms with van der Waals surface area (Å²) in [5.74, 6) is -0.0125. The molecule has 3 aromatic rings. The van der Waals surface area contributed by atoms with Crippen molar-refractivity contribution in [2.45, 2.75) is 45.6 Å². The standard InChI is InChI=1S/C27H31N3O6S/c1-17-7-12-24(15-26(17)30(32)33)37(34,35)29(22-8-10-23(36-6)11-9-22)16-27(31)28-21(5)25-14-19(3)18(2)13-20(25)4/h7-15,21H,16H2,1-6H3,(H,28,31)/t21-/m1/s1. The van der Waals surface area contributed by atoms with Crippen LogP contribution in [0.1, 0.15) is 40.8 Å². The first-order valence-corrected chi connectivity index (χ1v) is 13.1. The summed E-state index contributed by atoms with van der Waals surface area (Å²) in [6.07, 6.45) is 0. The zero-order valence-electron chi connectivity index (χ0n) is 21.7. The molecule has 1 amide bonds. The number of amides is 1. The Morgan fingerprint density at radius 1 is 0.973 bits per heavy atom. The average Bonchev–Trinajstić information content (AvgIpc) is 2.84. The highest BCUT2D eigenvalue weighted by Crippen LogP contribution is 2.29. The van der Waals surface area contributed by atoms with Gasteiger partial charge in [0.05, 0.1) is 28.7 Å². The minimum Gasteiger partial charge on any atom is -0.497 e. The summed E-state index contributed by atoms with van der Waals surface area (Å²) < 4.78 is 33.5. The number of hydrogen-bond acceptors (Lipinski definition) is 6. The number of carbonyl (C=O) groups is 1. The van der Waals surface area contributed by atoms with Crippen LogP contribution >= 0.6 is 0 Å². The SMILES string of the molecule is COc1ccc(N(CC(=O)N[C@H](C)c2cc(C)c(C)cc2C)S(=O)(=O)c2ccc(C)c([N+](=O)[O-])c2)cc1. The van der Waals surface area contributed by atoms with Crippen molar-refractivity contribution in [2.24, 2.45) is 0 Å². The van der Waals surface area contributed by atoms with Gasteiger partial charge in [-0.1, -0.05) is 18.2 Å². The summed E-state index contributed by atoms with van der Waals surface area (Å²) in [5, 5.41) is 14.3. The van der Waals surface area contributed by atoms with Gasteiger partial charge in [-0.25, -0.2) is 8.42 Å². The summed E-state index contributed by atoms with van der Waals surface area (Å²) in [6, 6.07) is 13.6. The molecule has 0 unspecified atom stereocenters. The molecule has 0 fully saturated rings. The van der Waals surface area contributed by atoms with Crippen LogP contribution in [0, 0.1) is 37.8 Å². The van der Waals surface area contributed by atoms with Gasteiger partial charge in [-0.15, -0.1) is 0 Å². The van der Waals surface area contributed by atoms with Crippen LogP contribution in [0.3, 0.4) is 0 Å². The number of ether oxygens (including phenoxy) is 1. The van der Waals surface area contributed by atoms with Crippen molar-refractivity contribution in [2.75, 3.05) is 18.0 Å². The van der Waals surface area contributed by atoms with E-state index in [1.165, 1.54) is 38.3 Å². The quantitative estimate of drug-likeness (QED) is 0.313. The van der Waals surface area contributed by atoms with Gasteiger partial charge in [0.2, 0.25) is 5.91 Å². The summed E-state index contributed by atoms with van der Waals surface area (Å²) in [5.41, 5.74) is 4.41. The number of nitro benzene ring substituents is 1. The molecule has 0 saturated heterocycles. The second-order valence-corrected chi connectivity index (χ2v) is 10.9. The van der Waals surface area contributed by atoms with E-state index in [1.807, 2.05) is 39.8 Å². The van der Waals surface area contributed by atoms with Gasteiger partial charge in [-0.3, -0.25) is 19.2 Å². The zero-order chi connectivity index (χ0) is 27.5. The van der Waals surface area contributed by atoms with Crippen LogP contribution in [0.15, 0.2) is 59.5 Å². The van der Waals surface area contributed by atoms with Crippen LogP contribution in [0.2, 0.25) is 0 Å². The molecule has 10 heteroatoms. The first-order valence-electron chi connectivity index (χ1n) is 11.6. The number of nitro groups is 1. The number of rotatable bonds is 9. The molecule has 0 spiro atoms. The van der Waals surface area contributed by atoms with E-state index in [-0.39, 0.29) is 22.3 Å². The molecule has 0 aliphatic heterocycles. The van der Waals surface area contributed by atoms with Crippen molar-refractivity contribution in [3.63, 3.8) is 0 Å². The molecule has 3 aromatic carbocycles. The van der Waals surface area contributed by atoms with Gasteiger partial charge in [0.15, 0.2) is 0 Å². The van der Waals surface area contributed by atoms with E-state index >= 15 is 0 Å². The summed E-state index contributed by atoms with van der Waals surface area (Å²) in [6.45, 7) is 8.81. The highest BCUT2D eigenvalue weighted by Gasteiger charge is 2.30. The lowest BCUT2D eigenvalue weighted by Crippen LogP contribution is -2.41. The summed E-state index contributed by atoms with van der Waals surface area (Å²) in [7, 11) is -2.85. The molecule has 1 atom stereocenters. The number of nitrogens with one attached hydrogen (secondary N) is 1. The molecule has 0 bridgehead atoms. The highest BCUT2D eigenvalue weighted by atomic mass is 32.2. The van der Waals surface area contributed by atoms with Gasteiger partial charge in [0.1, 0.15) is 12.3 Å². The third-order valence-corrected chi connectivity index (χ3v) is 8.11. The molecule has 0 radical (unpaired) electrons. The van der Waals surface area contributed by atoms with E-state index in [9.17, 15) is 23.3 Å². The van der Waals surface area contributed by atoms with Crippen LogP contribution in [-0.2, 0) is 14.8 Å². The number of nitrogens with zero attached hydrogens (tertiary/aromatic N) is 2. The van der Waals surface area contributed by atoms with Crippen molar-refractivity contribution in [3.05, 3.63) is 92.5 Å². The zero-order valence-corrected chi connectivity index (χ0v) is 22.5. The minimum atomic E-state index is -4.34. The first-order chi connectivity index (χ1) is 17.3. The molecule has 0 heterocycles.